The molecule has 0 bridgehead atoms. The van der Waals surface area contributed by atoms with E-state index in [1.165, 1.54) is 6.20 Å². The van der Waals surface area contributed by atoms with E-state index in [0.717, 1.165) is 0 Å². The van der Waals surface area contributed by atoms with Crippen molar-refractivity contribution in [1.82, 2.24) is 14.8 Å². The van der Waals surface area contributed by atoms with E-state index in [2.05, 4.69) is 15.2 Å². The summed E-state index contributed by atoms with van der Waals surface area (Å²) in [5.41, 5.74) is 1.46. The second-order valence-corrected chi connectivity index (χ2v) is 8.47. The zero-order valence-corrected chi connectivity index (χ0v) is 17.8. The summed E-state index contributed by atoms with van der Waals surface area (Å²) < 4.78 is 20.2. The number of ether oxygens (including phenoxy) is 1. The zero-order valence-electron chi connectivity index (χ0n) is 17.8. The molecule has 2 aliphatic rings. The number of rotatable bonds is 3. The Morgan fingerprint density at radius 2 is 2.16 bits per heavy atom. The molecule has 1 aromatic heterocycles. The van der Waals surface area contributed by atoms with Gasteiger partial charge in [0, 0.05) is 37.8 Å². The number of fused-ring (bicyclic) bond motifs is 2. The Morgan fingerprint density at radius 3 is 2.94 bits per heavy atom. The van der Waals surface area contributed by atoms with Crippen molar-refractivity contribution in [3.05, 3.63) is 42.5 Å². The van der Waals surface area contributed by atoms with E-state index in [1.807, 2.05) is 18.7 Å². The number of pyridine rings is 1. The molecular formula is C23H27FN4O3. The number of nitrogens with one attached hydrogen (secondary N) is 1. The summed E-state index contributed by atoms with van der Waals surface area (Å²) in [7, 11) is 0. The van der Waals surface area contributed by atoms with E-state index in [4.69, 9.17) is 4.74 Å². The normalized spacial score (nSPS) is 19.4. The molecule has 7 nitrogen and oxygen atoms in total. The van der Waals surface area contributed by atoms with E-state index in [-0.39, 0.29) is 24.4 Å². The lowest BCUT2D eigenvalue weighted by atomic mass is 10.1. The Labute approximate surface area is 181 Å². The fraction of sp³-hybridized carbons (Fsp3) is 0.435. The van der Waals surface area contributed by atoms with E-state index in [1.54, 1.807) is 30.3 Å². The lowest BCUT2D eigenvalue weighted by Crippen LogP contribution is -2.58. The third-order valence-electron chi connectivity index (χ3n) is 5.64. The van der Waals surface area contributed by atoms with Gasteiger partial charge in [0.2, 0.25) is 17.8 Å². The minimum absolute atomic E-state index is 0.0722. The highest BCUT2D eigenvalue weighted by atomic mass is 19.1. The van der Waals surface area contributed by atoms with Gasteiger partial charge in [-0.2, -0.15) is 4.39 Å². The predicted molar refractivity (Wildman–Crippen MR) is 115 cm³/mol. The molecule has 1 aromatic carbocycles. The third-order valence-corrected chi connectivity index (χ3v) is 5.64. The summed E-state index contributed by atoms with van der Waals surface area (Å²) in [6.45, 7) is 6.39. The van der Waals surface area contributed by atoms with Gasteiger partial charge >= 0.3 is 0 Å². The highest BCUT2D eigenvalue weighted by Crippen LogP contribution is 2.32. The van der Waals surface area contributed by atoms with Gasteiger partial charge in [0.1, 0.15) is 12.4 Å². The lowest BCUT2D eigenvalue weighted by Gasteiger charge is -2.40. The average molecular weight is 426 g/mol. The molecule has 8 heteroatoms. The molecular weight excluding hydrogens is 399 g/mol. The van der Waals surface area contributed by atoms with E-state index >= 15 is 0 Å². The second kappa shape index (κ2) is 9.01. The fourth-order valence-corrected chi connectivity index (χ4v) is 4.05. The molecule has 3 heterocycles. The molecule has 31 heavy (non-hydrogen) atoms. The quantitative estimate of drug-likeness (QED) is 0.764. The molecule has 0 radical (unpaired) electrons. The zero-order chi connectivity index (χ0) is 22.0. The minimum Gasteiger partial charge on any atom is -0.490 e. The molecule has 4 rings (SSSR count). The smallest absolute Gasteiger partial charge is 0.238 e. The molecule has 1 saturated heterocycles. The van der Waals surface area contributed by atoms with Crippen molar-refractivity contribution < 1.29 is 18.7 Å². The molecule has 0 spiro atoms. The molecule has 1 fully saturated rings. The number of carbonyl (C=O) groups excluding carboxylic acids is 2. The second-order valence-electron chi connectivity index (χ2n) is 8.47. The van der Waals surface area contributed by atoms with Crippen molar-refractivity contribution >= 4 is 17.5 Å². The monoisotopic (exact) mass is 426 g/mol. The van der Waals surface area contributed by atoms with Gasteiger partial charge in [0.25, 0.3) is 0 Å². The summed E-state index contributed by atoms with van der Waals surface area (Å²) in [6, 6.07) is 8.43. The van der Waals surface area contributed by atoms with Gasteiger partial charge in [-0.3, -0.25) is 14.5 Å². The molecule has 0 unspecified atom stereocenters. The predicted octanol–water partition coefficient (Wildman–Crippen LogP) is 2.78. The van der Waals surface area contributed by atoms with Gasteiger partial charge < -0.3 is 15.0 Å². The van der Waals surface area contributed by atoms with Crippen LogP contribution in [0.1, 0.15) is 20.3 Å². The van der Waals surface area contributed by atoms with Crippen LogP contribution in [-0.2, 0) is 9.59 Å². The number of hydrogen-bond acceptors (Lipinski definition) is 5. The maximum absolute atomic E-state index is 14.1. The molecule has 0 saturated carbocycles. The number of aromatic nitrogens is 1. The Morgan fingerprint density at radius 1 is 1.32 bits per heavy atom. The first-order chi connectivity index (χ1) is 14.9. The first-order valence-electron chi connectivity index (χ1n) is 10.6. The van der Waals surface area contributed by atoms with E-state index < -0.39 is 5.95 Å². The van der Waals surface area contributed by atoms with Crippen LogP contribution in [0.5, 0.6) is 5.75 Å². The first-order valence-corrected chi connectivity index (χ1v) is 10.6. The van der Waals surface area contributed by atoms with Crippen molar-refractivity contribution in [2.45, 2.75) is 26.3 Å². The first kappa shape index (κ1) is 21.2. The number of carbonyl (C=O) groups is 2. The number of nitrogens with zero attached hydrogens (tertiary/aromatic N) is 3. The van der Waals surface area contributed by atoms with E-state index in [9.17, 15) is 14.0 Å². The van der Waals surface area contributed by atoms with Crippen LogP contribution >= 0.6 is 0 Å². The van der Waals surface area contributed by atoms with Crippen LogP contribution in [0.15, 0.2) is 36.5 Å². The van der Waals surface area contributed by atoms with Gasteiger partial charge in [-0.05, 0) is 35.7 Å². The maximum atomic E-state index is 14.1. The SMILES string of the molecule is CC(C)CC(=O)N1CCN2CC(=O)Nc3cc(-c4cccnc4F)ccc3OC[C@H]2C1. The largest absolute Gasteiger partial charge is 0.490 e. The maximum Gasteiger partial charge on any atom is 0.238 e. The number of anilines is 1. The van der Waals surface area contributed by atoms with Crippen molar-refractivity contribution in [2.75, 3.05) is 38.1 Å². The molecule has 1 N–H and O–H groups in total. The van der Waals surface area contributed by atoms with Crippen molar-refractivity contribution in [3.8, 4) is 16.9 Å². The van der Waals surface area contributed by atoms with Crippen LogP contribution in [-0.4, -0.2) is 65.4 Å². The summed E-state index contributed by atoms with van der Waals surface area (Å²) in [5, 5.41) is 2.90. The molecule has 164 valence electrons. The fourth-order valence-electron chi connectivity index (χ4n) is 4.05. The Hall–Kier alpha value is -3.00. The van der Waals surface area contributed by atoms with Crippen LogP contribution in [0.4, 0.5) is 10.1 Å². The average Bonchev–Trinajstić information content (AvgIpc) is 2.79. The van der Waals surface area contributed by atoms with Crippen LogP contribution in [0.2, 0.25) is 0 Å². The van der Waals surface area contributed by atoms with Crippen LogP contribution in [0, 0.1) is 11.9 Å². The Bertz CT molecular complexity index is 981. The Kier molecular flexibility index (Phi) is 6.18. The van der Waals surface area contributed by atoms with Crippen LogP contribution in [0.3, 0.4) is 0 Å². The molecule has 0 aliphatic carbocycles. The Balaban J connectivity index is 1.55. The topological polar surface area (TPSA) is 74.8 Å². The summed E-state index contributed by atoms with van der Waals surface area (Å²) >= 11 is 0. The molecule has 2 aliphatic heterocycles. The highest BCUT2D eigenvalue weighted by Gasteiger charge is 2.32. The number of halogens is 1. The van der Waals surface area contributed by atoms with E-state index in [0.29, 0.717) is 61.1 Å². The van der Waals surface area contributed by atoms with Crippen molar-refractivity contribution in [1.29, 1.82) is 0 Å². The summed E-state index contributed by atoms with van der Waals surface area (Å²) in [4.78, 5) is 32.8. The van der Waals surface area contributed by atoms with Gasteiger partial charge in [-0.15, -0.1) is 0 Å². The number of piperazine rings is 1. The van der Waals surface area contributed by atoms with Crippen molar-refractivity contribution in [2.24, 2.45) is 5.92 Å². The number of hydrogen-bond donors (Lipinski definition) is 1. The van der Waals surface area contributed by atoms with Crippen molar-refractivity contribution in [3.63, 3.8) is 0 Å². The standard InChI is InChI=1S/C23H27FN4O3/c1-15(2)10-22(30)28-9-8-27-13-21(29)26-19-11-16(18-4-3-7-25-23(18)24)5-6-20(19)31-14-17(27)12-28/h3-7,11,15,17H,8-10,12-14H2,1-2H3,(H,26,29)/t17-/m1/s1. The van der Waals surface area contributed by atoms with Gasteiger partial charge in [0.05, 0.1) is 18.3 Å². The van der Waals surface area contributed by atoms with Gasteiger partial charge in [-0.25, -0.2) is 4.98 Å². The third kappa shape index (κ3) is 4.85. The lowest BCUT2D eigenvalue weighted by molar-refractivity contribution is -0.135. The minimum atomic E-state index is -0.568. The van der Waals surface area contributed by atoms with Crippen LogP contribution < -0.4 is 10.1 Å². The molecule has 1 atom stereocenters. The summed E-state index contributed by atoms with van der Waals surface area (Å²) in [5.74, 6) is 0.235. The number of amides is 2. The highest BCUT2D eigenvalue weighted by molar-refractivity contribution is 5.94. The van der Waals surface area contributed by atoms with Crippen LogP contribution in [0.25, 0.3) is 11.1 Å². The number of benzene rings is 1. The molecule has 2 amide bonds. The van der Waals surface area contributed by atoms with Gasteiger partial charge in [0.15, 0.2) is 0 Å². The summed E-state index contributed by atoms with van der Waals surface area (Å²) in [6.07, 6.45) is 1.91. The van der Waals surface area contributed by atoms with Gasteiger partial charge in [-0.1, -0.05) is 19.9 Å². The molecule has 2 aromatic rings.